The molecular weight excluding hydrogens is 420 g/mol. The average Bonchev–Trinajstić information content (AvgIpc) is 2.76. The smallest absolute Gasteiger partial charge is 0.434 e. The van der Waals surface area contributed by atoms with Crippen LogP contribution in [0.5, 0.6) is 5.75 Å². The van der Waals surface area contributed by atoms with Gasteiger partial charge in [-0.1, -0.05) is 11.6 Å². The standard InChI is InChI=1S/C23H19ClN2O5/c1-2-30-23(29)31-20-13-5-16(6-14-20)22(28)26-19-11-9-18(10-12-19)25-21(27)15-3-7-17(24)8-4-15/h3-14H,2H2,1H3,(H,25,27)(H,26,28). The van der Waals surface area contributed by atoms with Crippen LogP contribution in [0.2, 0.25) is 5.02 Å². The molecule has 2 amide bonds. The zero-order valence-corrected chi connectivity index (χ0v) is 17.3. The summed E-state index contributed by atoms with van der Waals surface area (Å²) in [6, 6.07) is 19.3. The molecular formula is C23H19ClN2O5. The fourth-order valence-electron chi connectivity index (χ4n) is 2.56. The molecule has 0 saturated heterocycles. The number of amides is 2. The van der Waals surface area contributed by atoms with Gasteiger partial charge in [-0.3, -0.25) is 9.59 Å². The normalized spacial score (nSPS) is 10.1. The Labute approximate surface area is 183 Å². The summed E-state index contributed by atoms with van der Waals surface area (Å²) < 4.78 is 9.65. The number of carbonyl (C=O) groups excluding carboxylic acids is 3. The number of hydrogen-bond donors (Lipinski definition) is 2. The summed E-state index contributed by atoms with van der Waals surface area (Å²) >= 11 is 5.83. The lowest BCUT2D eigenvalue weighted by atomic mass is 10.2. The molecule has 31 heavy (non-hydrogen) atoms. The van der Waals surface area contributed by atoms with Crippen LogP contribution in [0.25, 0.3) is 0 Å². The van der Waals surface area contributed by atoms with Crippen molar-refractivity contribution in [2.24, 2.45) is 0 Å². The Morgan fingerprint density at radius 2 is 1.19 bits per heavy atom. The van der Waals surface area contributed by atoms with Crippen molar-refractivity contribution in [2.75, 3.05) is 17.2 Å². The van der Waals surface area contributed by atoms with E-state index in [1.165, 1.54) is 24.3 Å². The summed E-state index contributed by atoms with van der Waals surface area (Å²) in [5.74, 6) is -0.324. The third kappa shape index (κ3) is 6.32. The molecule has 0 aliphatic rings. The monoisotopic (exact) mass is 438 g/mol. The van der Waals surface area contributed by atoms with Gasteiger partial charge in [0.15, 0.2) is 0 Å². The van der Waals surface area contributed by atoms with Crippen LogP contribution in [0.15, 0.2) is 72.8 Å². The quantitative estimate of drug-likeness (QED) is 0.398. The van der Waals surface area contributed by atoms with Crippen LogP contribution in [0, 0.1) is 0 Å². The Balaban J connectivity index is 1.56. The molecule has 3 aromatic rings. The number of halogens is 1. The fraction of sp³-hybridized carbons (Fsp3) is 0.0870. The summed E-state index contributed by atoms with van der Waals surface area (Å²) in [5, 5.41) is 6.09. The topological polar surface area (TPSA) is 93.7 Å². The van der Waals surface area contributed by atoms with Gasteiger partial charge in [-0.15, -0.1) is 0 Å². The highest BCUT2D eigenvalue weighted by atomic mass is 35.5. The molecule has 158 valence electrons. The lowest BCUT2D eigenvalue weighted by molar-refractivity contribution is 0.101. The van der Waals surface area contributed by atoms with Gasteiger partial charge in [0, 0.05) is 27.5 Å². The first-order chi connectivity index (χ1) is 14.9. The number of ether oxygens (including phenoxy) is 2. The maximum absolute atomic E-state index is 12.4. The van der Waals surface area contributed by atoms with Gasteiger partial charge in [0.05, 0.1) is 6.61 Å². The largest absolute Gasteiger partial charge is 0.513 e. The lowest BCUT2D eigenvalue weighted by Crippen LogP contribution is -2.13. The predicted molar refractivity (Wildman–Crippen MR) is 118 cm³/mol. The van der Waals surface area contributed by atoms with Crippen LogP contribution in [0.1, 0.15) is 27.6 Å². The Morgan fingerprint density at radius 3 is 1.65 bits per heavy atom. The van der Waals surface area contributed by atoms with E-state index in [2.05, 4.69) is 10.6 Å². The SMILES string of the molecule is CCOC(=O)Oc1ccc(C(=O)Nc2ccc(NC(=O)c3ccc(Cl)cc3)cc2)cc1. The fourth-order valence-corrected chi connectivity index (χ4v) is 2.69. The third-order valence-electron chi connectivity index (χ3n) is 4.09. The van der Waals surface area contributed by atoms with Gasteiger partial charge in [0.25, 0.3) is 11.8 Å². The number of benzene rings is 3. The molecule has 0 aliphatic heterocycles. The summed E-state index contributed by atoms with van der Waals surface area (Å²) in [6.07, 6.45) is -0.803. The summed E-state index contributed by atoms with van der Waals surface area (Å²) in [4.78, 5) is 35.9. The van der Waals surface area contributed by atoms with Crippen LogP contribution in [-0.2, 0) is 4.74 Å². The minimum absolute atomic E-state index is 0.211. The Bertz CT molecular complexity index is 1060. The van der Waals surface area contributed by atoms with Crippen molar-refractivity contribution in [2.45, 2.75) is 6.92 Å². The van der Waals surface area contributed by atoms with Gasteiger partial charge in [-0.2, -0.15) is 0 Å². The van der Waals surface area contributed by atoms with Gasteiger partial charge in [-0.05, 0) is 79.7 Å². The zero-order valence-electron chi connectivity index (χ0n) is 16.6. The van der Waals surface area contributed by atoms with Crippen molar-refractivity contribution in [3.63, 3.8) is 0 Å². The van der Waals surface area contributed by atoms with Crippen molar-refractivity contribution in [3.05, 3.63) is 88.9 Å². The second-order valence-electron chi connectivity index (χ2n) is 6.30. The molecule has 0 aliphatic carbocycles. The van der Waals surface area contributed by atoms with Gasteiger partial charge in [-0.25, -0.2) is 4.79 Å². The van der Waals surface area contributed by atoms with E-state index in [1.807, 2.05) is 0 Å². The zero-order chi connectivity index (χ0) is 22.2. The van der Waals surface area contributed by atoms with Crippen LogP contribution >= 0.6 is 11.6 Å². The minimum atomic E-state index is -0.803. The van der Waals surface area contributed by atoms with E-state index >= 15 is 0 Å². The van der Waals surface area contributed by atoms with E-state index < -0.39 is 6.16 Å². The molecule has 0 spiro atoms. The maximum Gasteiger partial charge on any atom is 0.513 e. The van der Waals surface area contributed by atoms with Crippen molar-refractivity contribution < 1.29 is 23.9 Å². The summed E-state index contributed by atoms with van der Waals surface area (Å²) in [5.41, 5.74) is 2.01. The lowest BCUT2D eigenvalue weighted by Gasteiger charge is -2.09. The van der Waals surface area contributed by atoms with Crippen molar-refractivity contribution in [1.82, 2.24) is 0 Å². The van der Waals surface area contributed by atoms with Crippen LogP contribution in [0.4, 0.5) is 16.2 Å². The second kappa shape index (κ2) is 10.3. The molecule has 3 rings (SSSR count). The molecule has 7 nitrogen and oxygen atoms in total. The number of carbonyl (C=O) groups is 3. The molecule has 3 aromatic carbocycles. The Morgan fingerprint density at radius 1 is 0.742 bits per heavy atom. The molecule has 0 atom stereocenters. The first-order valence-electron chi connectivity index (χ1n) is 9.37. The molecule has 0 radical (unpaired) electrons. The van der Waals surface area contributed by atoms with E-state index in [0.29, 0.717) is 27.5 Å². The van der Waals surface area contributed by atoms with E-state index in [0.717, 1.165) is 0 Å². The third-order valence-corrected chi connectivity index (χ3v) is 4.34. The number of hydrogen-bond acceptors (Lipinski definition) is 5. The molecule has 0 saturated carbocycles. The highest BCUT2D eigenvalue weighted by molar-refractivity contribution is 6.30. The molecule has 0 unspecified atom stereocenters. The predicted octanol–water partition coefficient (Wildman–Crippen LogP) is 5.38. The van der Waals surface area contributed by atoms with Crippen LogP contribution in [-0.4, -0.2) is 24.6 Å². The van der Waals surface area contributed by atoms with Crippen molar-refractivity contribution in [1.29, 1.82) is 0 Å². The van der Waals surface area contributed by atoms with Crippen LogP contribution < -0.4 is 15.4 Å². The maximum atomic E-state index is 12.4. The highest BCUT2D eigenvalue weighted by Gasteiger charge is 2.10. The van der Waals surface area contributed by atoms with Crippen molar-refractivity contribution >= 4 is 40.9 Å². The van der Waals surface area contributed by atoms with Gasteiger partial charge < -0.3 is 20.1 Å². The first kappa shape index (κ1) is 21.9. The molecule has 0 heterocycles. The average molecular weight is 439 g/mol. The molecule has 0 fully saturated rings. The van der Waals surface area contributed by atoms with Gasteiger partial charge in [0.2, 0.25) is 0 Å². The number of nitrogens with one attached hydrogen (secondary N) is 2. The van der Waals surface area contributed by atoms with E-state index in [9.17, 15) is 14.4 Å². The van der Waals surface area contributed by atoms with E-state index in [-0.39, 0.29) is 24.2 Å². The number of anilines is 2. The summed E-state index contributed by atoms with van der Waals surface area (Å²) in [6.45, 7) is 1.89. The Hall–Kier alpha value is -3.84. The van der Waals surface area contributed by atoms with Gasteiger partial charge in [0.1, 0.15) is 5.75 Å². The molecule has 0 aromatic heterocycles. The summed E-state index contributed by atoms with van der Waals surface area (Å²) in [7, 11) is 0. The van der Waals surface area contributed by atoms with Crippen LogP contribution in [0.3, 0.4) is 0 Å². The molecule has 2 N–H and O–H groups in total. The number of rotatable bonds is 6. The minimum Gasteiger partial charge on any atom is -0.434 e. The van der Waals surface area contributed by atoms with E-state index in [4.69, 9.17) is 21.1 Å². The highest BCUT2D eigenvalue weighted by Crippen LogP contribution is 2.18. The van der Waals surface area contributed by atoms with Gasteiger partial charge >= 0.3 is 6.16 Å². The molecule has 0 bridgehead atoms. The van der Waals surface area contributed by atoms with E-state index in [1.54, 1.807) is 55.5 Å². The first-order valence-corrected chi connectivity index (χ1v) is 9.75. The second-order valence-corrected chi connectivity index (χ2v) is 6.74. The Kier molecular flexibility index (Phi) is 7.24. The molecule has 8 heteroatoms. The van der Waals surface area contributed by atoms with Crippen molar-refractivity contribution in [3.8, 4) is 5.75 Å².